The van der Waals surface area contributed by atoms with Crippen LogP contribution in [-0.4, -0.2) is 22.5 Å². The summed E-state index contributed by atoms with van der Waals surface area (Å²) in [5.41, 5.74) is 0.936. The van der Waals surface area contributed by atoms with E-state index in [2.05, 4.69) is 10.3 Å². The predicted octanol–water partition coefficient (Wildman–Crippen LogP) is 0.530. The zero-order chi connectivity index (χ0) is 13.2. The van der Waals surface area contributed by atoms with Gasteiger partial charge in [0.15, 0.2) is 0 Å². The highest BCUT2D eigenvalue weighted by Gasteiger charge is 2.14. The summed E-state index contributed by atoms with van der Waals surface area (Å²) in [7, 11) is 0. The van der Waals surface area contributed by atoms with Crippen LogP contribution in [0.5, 0.6) is 0 Å². The Morgan fingerprint density at radius 3 is 2.95 bits per heavy atom. The molecule has 5 heteroatoms. The Morgan fingerprint density at radius 1 is 1.26 bits per heavy atom. The fraction of sp³-hybridized carbons (Fsp3) is 0.429. The molecule has 2 aromatic heterocycles. The van der Waals surface area contributed by atoms with Crippen molar-refractivity contribution in [2.75, 3.05) is 13.1 Å². The SMILES string of the molecule is O=c1cccc2[nH]c(CCC3CCNC3)cc(=O)n12. The van der Waals surface area contributed by atoms with Crippen molar-refractivity contribution in [2.24, 2.45) is 5.92 Å². The van der Waals surface area contributed by atoms with E-state index in [1.54, 1.807) is 12.1 Å². The number of aromatic nitrogens is 2. The Kier molecular flexibility index (Phi) is 3.21. The highest BCUT2D eigenvalue weighted by Crippen LogP contribution is 2.14. The minimum absolute atomic E-state index is 0.251. The minimum Gasteiger partial charge on any atom is -0.345 e. The summed E-state index contributed by atoms with van der Waals surface area (Å²) in [6, 6.07) is 6.35. The maximum Gasteiger partial charge on any atom is 0.260 e. The molecular weight excluding hydrogens is 242 g/mol. The summed E-state index contributed by atoms with van der Waals surface area (Å²) in [5, 5.41) is 3.34. The largest absolute Gasteiger partial charge is 0.345 e. The van der Waals surface area contributed by atoms with Crippen molar-refractivity contribution >= 4 is 5.65 Å². The lowest BCUT2D eigenvalue weighted by molar-refractivity contribution is 0.529. The van der Waals surface area contributed by atoms with Crippen LogP contribution in [0.2, 0.25) is 0 Å². The van der Waals surface area contributed by atoms with Crippen molar-refractivity contribution in [3.8, 4) is 0 Å². The van der Waals surface area contributed by atoms with Gasteiger partial charge >= 0.3 is 0 Å². The maximum absolute atomic E-state index is 11.9. The van der Waals surface area contributed by atoms with Crippen LogP contribution in [-0.2, 0) is 6.42 Å². The lowest BCUT2D eigenvalue weighted by Gasteiger charge is -2.09. The van der Waals surface area contributed by atoms with E-state index in [0.29, 0.717) is 11.6 Å². The van der Waals surface area contributed by atoms with Gasteiger partial charge in [-0.05, 0) is 44.3 Å². The number of nitrogens with one attached hydrogen (secondary N) is 2. The molecule has 5 nitrogen and oxygen atoms in total. The fourth-order valence-corrected chi connectivity index (χ4v) is 2.68. The van der Waals surface area contributed by atoms with Gasteiger partial charge in [0.2, 0.25) is 0 Å². The predicted molar refractivity (Wildman–Crippen MR) is 73.6 cm³/mol. The van der Waals surface area contributed by atoms with Crippen LogP contribution in [0.15, 0.2) is 33.9 Å². The normalized spacial score (nSPS) is 19.1. The van der Waals surface area contributed by atoms with Gasteiger partial charge in [-0.2, -0.15) is 0 Å². The number of fused-ring (bicyclic) bond motifs is 1. The third-order valence-corrected chi connectivity index (χ3v) is 3.75. The van der Waals surface area contributed by atoms with E-state index in [4.69, 9.17) is 0 Å². The van der Waals surface area contributed by atoms with E-state index >= 15 is 0 Å². The topological polar surface area (TPSA) is 66.4 Å². The number of hydrogen-bond donors (Lipinski definition) is 2. The van der Waals surface area contributed by atoms with Crippen LogP contribution in [0, 0.1) is 5.92 Å². The van der Waals surface area contributed by atoms with Crippen LogP contribution in [0.25, 0.3) is 5.65 Å². The number of aryl methyl sites for hydroxylation is 1. The van der Waals surface area contributed by atoms with Gasteiger partial charge in [-0.3, -0.25) is 9.59 Å². The average Bonchev–Trinajstić information content (AvgIpc) is 2.89. The molecule has 100 valence electrons. The summed E-state index contributed by atoms with van der Waals surface area (Å²) in [6.07, 6.45) is 3.12. The lowest BCUT2D eigenvalue weighted by Crippen LogP contribution is -2.26. The Bertz CT molecular complexity index is 696. The monoisotopic (exact) mass is 259 g/mol. The second-order valence-electron chi connectivity index (χ2n) is 5.11. The molecule has 0 radical (unpaired) electrons. The Hall–Kier alpha value is -1.88. The van der Waals surface area contributed by atoms with Gasteiger partial charge in [0.05, 0.1) is 0 Å². The van der Waals surface area contributed by atoms with Gasteiger partial charge in [0, 0.05) is 17.8 Å². The van der Waals surface area contributed by atoms with E-state index in [1.807, 2.05) is 0 Å². The standard InChI is InChI=1S/C14H17N3O2/c18-13-3-1-2-12-16-11(8-14(19)17(12)13)5-4-10-6-7-15-9-10/h1-3,8,10,15-16H,4-7,9H2. The summed E-state index contributed by atoms with van der Waals surface area (Å²) in [5.74, 6) is 0.692. The first-order chi connectivity index (χ1) is 9.24. The zero-order valence-electron chi connectivity index (χ0n) is 10.7. The number of pyridine rings is 1. The van der Waals surface area contributed by atoms with Crippen molar-refractivity contribution in [3.05, 3.63) is 50.7 Å². The molecule has 0 saturated carbocycles. The highest BCUT2D eigenvalue weighted by atomic mass is 16.2. The Balaban J connectivity index is 1.88. The van der Waals surface area contributed by atoms with Crippen molar-refractivity contribution in [1.29, 1.82) is 0 Å². The zero-order valence-corrected chi connectivity index (χ0v) is 10.7. The van der Waals surface area contributed by atoms with Crippen LogP contribution in [0.3, 0.4) is 0 Å². The van der Waals surface area contributed by atoms with Crippen LogP contribution < -0.4 is 16.4 Å². The van der Waals surface area contributed by atoms with E-state index < -0.39 is 0 Å². The first kappa shape index (κ1) is 12.2. The minimum atomic E-state index is -0.287. The Morgan fingerprint density at radius 2 is 2.16 bits per heavy atom. The molecule has 3 heterocycles. The number of aromatic amines is 1. The van der Waals surface area contributed by atoms with Crippen LogP contribution >= 0.6 is 0 Å². The molecule has 2 N–H and O–H groups in total. The Labute approximate surface area is 110 Å². The van der Waals surface area contributed by atoms with E-state index in [0.717, 1.165) is 31.6 Å². The molecule has 1 atom stereocenters. The first-order valence-corrected chi connectivity index (χ1v) is 6.69. The molecule has 0 amide bonds. The third-order valence-electron chi connectivity index (χ3n) is 3.75. The van der Waals surface area contributed by atoms with Gasteiger partial charge in [-0.25, -0.2) is 4.40 Å². The number of hydrogen-bond acceptors (Lipinski definition) is 3. The molecule has 0 bridgehead atoms. The molecule has 1 unspecified atom stereocenters. The third kappa shape index (κ3) is 2.46. The maximum atomic E-state index is 11.9. The van der Waals surface area contributed by atoms with E-state index in [9.17, 15) is 9.59 Å². The quantitative estimate of drug-likeness (QED) is 0.845. The van der Waals surface area contributed by atoms with Crippen molar-refractivity contribution < 1.29 is 0 Å². The second kappa shape index (κ2) is 5.01. The van der Waals surface area contributed by atoms with Crippen molar-refractivity contribution in [3.63, 3.8) is 0 Å². The first-order valence-electron chi connectivity index (χ1n) is 6.69. The fourth-order valence-electron chi connectivity index (χ4n) is 2.68. The molecule has 1 fully saturated rings. The molecule has 1 saturated heterocycles. The molecule has 0 spiro atoms. The van der Waals surface area contributed by atoms with Crippen LogP contribution in [0.4, 0.5) is 0 Å². The number of H-pyrrole nitrogens is 1. The molecule has 0 aliphatic carbocycles. The van der Waals surface area contributed by atoms with Gasteiger partial charge in [-0.15, -0.1) is 0 Å². The molecule has 1 aliphatic heterocycles. The van der Waals surface area contributed by atoms with Crippen molar-refractivity contribution in [2.45, 2.75) is 19.3 Å². The molecule has 3 rings (SSSR count). The summed E-state index contributed by atoms with van der Waals surface area (Å²) in [6.45, 7) is 2.16. The van der Waals surface area contributed by atoms with Crippen molar-refractivity contribution in [1.82, 2.24) is 14.7 Å². The number of nitrogens with zero attached hydrogens (tertiary/aromatic N) is 1. The smallest absolute Gasteiger partial charge is 0.260 e. The van der Waals surface area contributed by atoms with Crippen LogP contribution in [0.1, 0.15) is 18.5 Å². The molecule has 0 aromatic carbocycles. The lowest BCUT2D eigenvalue weighted by atomic mass is 10.0. The van der Waals surface area contributed by atoms with Gasteiger partial charge < -0.3 is 10.3 Å². The summed E-state index contributed by atoms with van der Waals surface area (Å²) in [4.78, 5) is 26.7. The highest BCUT2D eigenvalue weighted by molar-refractivity contribution is 5.38. The summed E-state index contributed by atoms with van der Waals surface area (Å²) >= 11 is 0. The van der Waals surface area contributed by atoms with Gasteiger partial charge in [0.25, 0.3) is 11.1 Å². The molecule has 1 aliphatic rings. The van der Waals surface area contributed by atoms with E-state index in [1.165, 1.54) is 23.0 Å². The van der Waals surface area contributed by atoms with Gasteiger partial charge in [0.1, 0.15) is 5.65 Å². The summed E-state index contributed by atoms with van der Waals surface area (Å²) < 4.78 is 1.17. The average molecular weight is 259 g/mol. The van der Waals surface area contributed by atoms with Gasteiger partial charge in [-0.1, -0.05) is 6.07 Å². The van der Waals surface area contributed by atoms with E-state index in [-0.39, 0.29) is 11.1 Å². The number of rotatable bonds is 3. The molecular formula is C14H17N3O2. The molecule has 2 aromatic rings. The second-order valence-corrected chi connectivity index (χ2v) is 5.11. The molecule has 19 heavy (non-hydrogen) atoms.